The normalized spacial score (nSPS) is 12.7. The molecule has 1 atom stereocenters. The molecule has 4 heteroatoms. The average molecular weight is 283 g/mol. The van der Waals surface area contributed by atoms with Crippen molar-refractivity contribution in [2.24, 2.45) is 0 Å². The minimum Gasteiger partial charge on any atom is -0.265 e. The van der Waals surface area contributed by atoms with Crippen molar-refractivity contribution in [2.75, 3.05) is 0 Å². The van der Waals surface area contributed by atoms with E-state index in [4.69, 9.17) is 23.2 Å². The SMILES string of the molecule is Cc1nn(Cc2ccc(Cl)cc2)c(C)c1C(C)Cl. The molecule has 0 radical (unpaired) electrons. The smallest absolute Gasteiger partial charge is 0.0662 e. The summed E-state index contributed by atoms with van der Waals surface area (Å²) in [5, 5.41) is 5.29. The summed E-state index contributed by atoms with van der Waals surface area (Å²) in [6, 6.07) is 7.83. The molecule has 2 aromatic rings. The molecule has 0 bridgehead atoms. The largest absolute Gasteiger partial charge is 0.265 e. The predicted octanol–water partition coefficient (Wildman–Crippen LogP) is 4.50. The van der Waals surface area contributed by atoms with Gasteiger partial charge in [-0.2, -0.15) is 5.10 Å². The van der Waals surface area contributed by atoms with E-state index in [1.165, 1.54) is 5.56 Å². The maximum atomic E-state index is 6.18. The van der Waals surface area contributed by atoms with Crippen molar-refractivity contribution in [3.8, 4) is 0 Å². The predicted molar refractivity (Wildman–Crippen MR) is 76.5 cm³/mol. The van der Waals surface area contributed by atoms with Gasteiger partial charge in [-0.1, -0.05) is 23.7 Å². The quantitative estimate of drug-likeness (QED) is 0.758. The van der Waals surface area contributed by atoms with Gasteiger partial charge in [-0.3, -0.25) is 4.68 Å². The molecule has 0 saturated heterocycles. The molecule has 1 aromatic carbocycles. The number of aryl methyl sites for hydroxylation is 1. The molecule has 0 amide bonds. The van der Waals surface area contributed by atoms with Gasteiger partial charge in [0.25, 0.3) is 0 Å². The van der Waals surface area contributed by atoms with Crippen LogP contribution >= 0.6 is 23.2 Å². The maximum Gasteiger partial charge on any atom is 0.0662 e. The van der Waals surface area contributed by atoms with Gasteiger partial charge in [0.05, 0.1) is 17.6 Å². The van der Waals surface area contributed by atoms with Gasteiger partial charge in [-0.05, 0) is 38.5 Å². The standard InChI is InChI=1S/C14H16Cl2N2/c1-9(15)14-10(2)17-18(11(14)3)8-12-4-6-13(16)7-5-12/h4-7,9H,8H2,1-3H3. The molecule has 0 fully saturated rings. The lowest BCUT2D eigenvalue weighted by atomic mass is 10.1. The van der Waals surface area contributed by atoms with Gasteiger partial charge in [-0.25, -0.2) is 0 Å². The van der Waals surface area contributed by atoms with Crippen molar-refractivity contribution in [1.82, 2.24) is 9.78 Å². The zero-order chi connectivity index (χ0) is 13.3. The molecule has 1 heterocycles. The van der Waals surface area contributed by atoms with Gasteiger partial charge in [0.1, 0.15) is 0 Å². The van der Waals surface area contributed by atoms with Gasteiger partial charge >= 0.3 is 0 Å². The summed E-state index contributed by atoms with van der Waals surface area (Å²) in [7, 11) is 0. The van der Waals surface area contributed by atoms with E-state index in [9.17, 15) is 0 Å². The number of hydrogen-bond donors (Lipinski definition) is 0. The summed E-state index contributed by atoms with van der Waals surface area (Å²) in [4.78, 5) is 0. The van der Waals surface area contributed by atoms with Crippen molar-refractivity contribution in [3.05, 3.63) is 51.8 Å². The Morgan fingerprint density at radius 2 is 1.83 bits per heavy atom. The molecular formula is C14H16Cl2N2. The first-order chi connectivity index (χ1) is 8.49. The Bertz CT molecular complexity index is 542. The maximum absolute atomic E-state index is 6.18. The molecule has 18 heavy (non-hydrogen) atoms. The summed E-state index contributed by atoms with van der Waals surface area (Å²) in [5.41, 5.74) is 4.44. The van der Waals surface area contributed by atoms with Crippen LogP contribution in [0.3, 0.4) is 0 Å². The minimum atomic E-state index is -0.0102. The second-order valence-electron chi connectivity index (χ2n) is 4.48. The van der Waals surface area contributed by atoms with E-state index in [2.05, 4.69) is 12.0 Å². The number of halogens is 2. The molecule has 0 aliphatic carbocycles. The van der Waals surface area contributed by atoms with E-state index in [1.54, 1.807) is 0 Å². The summed E-state index contributed by atoms with van der Waals surface area (Å²) >= 11 is 12.1. The third-order valence-corrected chi connectivity index (χ3v) is 3.55. The third kappa shape index (κ3) is 2.70. The van der Waals surface area contributed by atoms with E-state index in [0.717, 1.165) is 28.5 Å². The Morgan fingerprint density at radius 3 is 2.33 bits per heavy atom. The van der Waals surface area contributed by atoms with Crippen LogP contribution in [0.25, 0.3) is 0 Å². The lowest BCUT2D eigenvalue weighted by molar-refractivity contribution is 0.658. The molecule has 0 N–H and O–H groups in total. The fraction of sp³-hybridized carbons (Fsp3) is 0.357. The number of alkyl halides is 1. The highest BCUT2D eigenvalue weighted by molar-refractivity contribution is 6.30. The fourth-order valence-electron chi connectivity index (χ4n) is 2.20. The summed E-state index contributed by atoms with van der Waals surface area (Å²) < 4.78 is 1.99. The van der Waals surface area contributed by atoms with Crippen LogP contribution in [0.5, 0.6) is 0 Å². The number of aromatic nitrogens is 2. The average Bonchev–Trinajstić information content (AvgIpc) is 2.57. The van der Waals surface area contributed by atoms with E-state index in [-0.39, 0.29) is 5.38 Å². The molecule has 96 valence electrons. The fourth-order valence-corrected chi connectivity index (χ4v) is 2.64. The molecule has 0 spiro atoms. The monoisotopic (exact) mass is 282 g/mol. The van der Waals surface area contributed by atoms with Crippen LogP contribution < -0.4 is 0 Å². The first kappa shape index (κ1) is 13.4. The van der Waals surface area contributed by atoms with Gasteiger partial charge in [-0.15, -0.1) is 11.6 Å². The van der Waals surface area contributed by atoms with Crippen LogP contribution in [0, 0.1) is 13.8 Å². The van der Waals surface area contributed by atoms with Crippen molar-refractivity contribution in [1.29, 1.82) is 0 Å². The minimum absolute atomic E-state index is 0.0102. The van der Waals surface area contributed by atoms with Crippen LogP contribution in [-0.2, 0) is 6.54 Å². The summed E-state index contributed by atoms with van der Waals surface area (Å²) in [6.07, 6.45) is 0. The summed E-state index contributed by atoms with van der Waals surface area (Å²) in [6.45, 7) is 6.78. The van der Waals surface area contributed by atoms with Gasteiger partial charge < -0.3 is 0 Å². The molecule has 1 unspecified atom stereocenters. The van der Waals surface area contributed by atoms with E-state index >= 15 is 0 Å². The highest BCUT2D eigenvalue weighted by Crippen LogP contribution is 2.26. The van der Waals surface area contributed by atoms with Crippen molar-refractivity contribution in [2.45, 2.75) is 32.7 Å². The number of benzene rings is 1. The third-order valence-electron chi connectivity index (χ3n) is 3.08. The zero-order valence-electron chi connectivity index (χ0n) is 10.7. The Kier molecular flexibility index (Phi) is 3.98. The van der Waals surface area contributed by atoms with Gasteiger partial charge in [0, 0.05) is 16.3 Å². The molecule has 0 aliphatic heterocycles. The van der Waals surface area contributed by atoms with Crippen LogP contribution in [-0.4, -0.2) is 9.78 Å². The molecular weight excluding hydrogens is 267 g/mol. The van der Waals surface area contributed by atoms with Crippen LogP contribution in [0.15, 0.2) is 24.3 Å². The van der Waals surface area contributed by atoms with Crippen LogP contribution in [0.1, 0.15) is 34.8 Å². The Labute approximate surface area is 118 Å². The highest BCUT2D eigenvalue weighted by atomic mass is 35.5. The number of hydrogen-bond acceptors (Lipinski definition) is 1. The molecule has 1 aromatic heterocycles. The Hall–Kier alpha value is -0.990. The number of rotatable bonds is 3. The van der Waals surface area contributed by atoms with Gasteiger partial charge in [0.2, 0.25) is 0 Å². The van der Waals surface area contributed by atoms with E-state index < -0.39 is 0 Å². The first-order valence-corrected chi connectivity index (χ1v) is 6.73. The van der Waals surface area contributed by atoms with Crippen LogP contribution in [0.4, 0.5) is 0 Å². The molecule has 2 rings (SSSR count). The topological polar surface area (TPSA) is 17.8 Å². The first-order valence-electron chi connectivity index (χ1n) is 5.91. The molecule has 0 aliphatic rings. The summed E-state index contributed by atoms with van der Waals surface area (Å²) in [5.74, 6) is 0. The zero-order valence-corrected chi connectivity index (χ0v) is 12.3. The van der Waals surface area contributed by atoms with Crippen LogP contribution in [0.2, 0.25) is 5.02 Å². The van der Waals surface area contributed by atoms with Crippen molar-refractivity contribution >= 4 is 23.2 Å². The van der Waals surface area contributed by atoms with Crippen molar-refractivity contribution in [3.63, 3.8) is 0 Å². The van der Waals surface area contributed by atoms with E-state index in [1.807, 2.05) is 42.8 Å². The second-order valence-corrected chi connectivity index (χ2v) is 5.58. The highest BCUT2D eigenvalue weighted by Gasteiger charge is 2.15. The molecule has 0 saturated carbocycles. The Balaban J connectivity index is 2.30. The Morgan fingerprint density at radius 1 is 1.22 bits per heavy atom. The van der Waals surface area contributed by atoms with Crippen molar-refractivity contribution < 1.29 is 0 Å². The number of nitrogens with zero attached hydrogens (tertiary/aromatic N) is 2. The second kappa shape index (κ2) is 5.33. The molecule has 2 nitrogen and oxygen atoms in total. The lowest BCUT2D eigenvalue weighted by Crippen LogP contribution is -2.04. The van der Waals surface area contributed by atoms with E-state index in [0.29, 0.717) is 0 Å². The lowest BCUT2D eigenvalue weighted by Gasteiger charge is -2.07. The van der Waals surface area contributed by atoms with Gasteiger partial charge in [0.15, 0.2) is 0 Å².